The minimum absolute atomic E-state index is 0.152. The quantitative estimate of drug-likeness (QED) is 0.873. The van der Waals surface area contributed by atoms with Crippen molar-refractivity contribution in [3.05, 3.63) is 53.5 Å². The average Bonchev–Trinajstić information content (AvgIpc) is 2.28. The SMILES string of the molecule is OCc1cc(F)cc(-c2ncc(F)cc2F)c1. The average molecular weight is 239 g/mol. The largest absolute Gasteiger partial charge is 0.392 e. The van der Waals surface area contributed by atoms with E-state index in [1.165, 1.54) is 6.07 Å². The van der Waals surface area contributed by atoms with Crippen LogP contribution in [0.1, 0.15) is 5.56 Å². The highest BCUT2D eigenvalue weighted by molar-refractivity contribution is 5.60. The third kappa shape index (κ3) is 2.45. The zero-order chi connectivity index (χ0) is 12.4. The number of nitrogens with zero attached hydrogens (tertiary/aromatic N) is 1. The van der Waals surface area contributed by atoms with Crippen molar-refractivity contribution in [1.29, 1.82) is 0 Å². The lowest BCUT2D eigenvalue weighted by molar-refractivity contribution is 0.281. The molecule has 0 atom stereocenters. The molecular formula is C12H8F3NO. The Hall–Kier alpha value is -1.88. The highest BCUT2D eigenvalue weighted by atomic mass is 19.1. The number of benzene rings is 1. The van der Waals surface area contributed by atoms with Gasteiger partial charge < -0.3 is 5.11 Å². The van der Waals surface area contributed by atoms with Gasteiger partial charge in [0.25, 0.3) is 0 Å². The molecule has 0 aliphatic carbocycles. The summed E-state index contributed by atoms with van der Waals surface area (Å²) in [4.78, 5) is 3.57. The Morgan fingerprint density at radius 2 is 1.76 bits per heavy atom. The molecule has 0 fully saturated rings. The lowest BCUT2D eigenvalue weighted by atomic mass is 10.1. The van der Waals surface area contributed by atoms with Crippen molar-refractivity contribution >= 4 is 0 Å². The normalized spacial score (nSPS) is 10.6. The van der Waals surface area contributed by atoms with Crippen LogP contribution in [0, 0.1) is 17.5 Å². The van der Waals surface area contributed by atoms with Crippen LogP contribution in [0.5, 0.6) is 0 Å². The molecule has 5 heteroatoms. The van der Waals surface area contributed by atoms with Crippen molar-refractivity contribution in [3.63, 3.8) is 0 Å². The Balaban J connectivity index is 2.55. The van der Waals surface area contributed by atoms with E-state index in [0.717, 1.165) is 18.3 Å². The summed E-state index contributed by atoms with van der Waals surface area (Å²) in [5, 5.41) is 8.91. The lowest BCUT2D eigenvalue weighted by Gasteiger charge is -2.05. The maximum Gasteiger partial charge on any atom is 0.152 e. The maximum atomic E-state index is 13.4. The van der Waals surface area contributed by atoms with Crippen molar-refractivity contribution in [1.82, 2.24) is 4.98 Å². The van der Waals surface area contributed by atoms with Gasteiger partial charge in [0.15, 0.2) is 5.82 Å². The topological polar surface area (TPSA) is 33.1 Å². The van der Waals surface area contributed by atoms with Crippen LogP contribution < -0.4 is 0 Å². The highest BCUT2D eigenvalue weighted by Crippen LogP contribution is 2.23. The molecule has 2 aromatic rings. The van der Waals surface area contributed by atoms with Gasteiger partial charge >= 0.3 is 0 Å². The summed E-state index contributed by atoms with van der Waals surface area (Å²) in [6, 6.07) is 4.27. The molecule has 1 aromatic carbocycles. The molecule has 0 amide bonds. The van der Waals surface area contributed by atoms with Gasteiger partial charge in [0.2, 0.25) is 0 Å². The van der Waals surface area contributed by atoms with Crippen molar-refractivity contribution in [2.75, 3.05) is 0 Å². The number of aromatic nitrogens is 1. The van der Waals surface area contributed by atoms with Crippen LogP contribution in [-0.2, 0) is 6.61 Å². The first kappa shape index (κ1) is 11.6. The monoisotopic (exact) mass is 239 g/mol. The maximum absolute atomic E-state index is 13.4. The third-order valence-corrected chi connectivity index (χ3v) is 2.22. The van der Waals surface area contributed by atoms with E-state index in [0.29, 0.717) is 11.6 Å². The van der Waals surface area contributed by atoms with Crippen LogP contribution in [0.4, 0.5) is 13.2 Å². The number of rotatable bonds is 2. The van der Waals surface area contributed by atoms with Crippen LogP contribution in [0.15, 0.2) is 30.5 Å². The molecule has 0 aliphatic rings. The Morgan fingerprint density at radius 3 is 2.41 bits per heavy atom. The van der Waals surface area contributed by atoms with Gasteiger partial charge in [0, 0.05) is 11.6 Å². The molecular weight excluding hydrogens is 231 g/mol. The van der Waals surface area contributed by atoms with Gasteiger partial charge in [0.05, 0.1) is 12.8 Å². The molecule has 1 N–H and O–H groups in total. The van der Waals surface area contributed by atoms with E-state index in [-0.39, 0.29) is 17.9 Å². The number of halogens is 3. The number of aliphatic hydroxyl groups is 1. The smallest absolute Gasteiger partial charge is 0.152 e. The van der Waals surface area contributed by atoms with Gasteiger partial charge in [-0.25, -0.2) is 13.2 Å². The minimum Gasteiger partial charge on any atom is -0.392 e. The molecule has 0 radical (unpaired) electrons. The van der Waals surface area contributed by atoms with E-state index >= 15 is 0 Å². The van der Waals surface area contributed by atoms with Crippen molar-refractivity contribution in [2.24, 2.45) is 0 Å². The Morgan fingerprint density at radius 1 is 1.00 bits per heavy atom. The summed E-state index contributed by atoms with van der Waals surface area (Å²) in [6.45, 7) is -0.367. The van der Waals surface area contributed by atoms with Gasteiger partial charge in [0.1, 0.15) is 17.3 Å². The molecule has 0 aliphatic heterocycles. The predicted molar refractivity (Wildman–Crippen MR) is 55.5 cm³/mol. The van der Waals surface area contributed by atoms with E-state index in [1.807, 2.05) is 0 Å². The third-order valence-electron chi connectivity index (χ3n) is 2.22. The van der Waals surface area contributed by atoms with Crippen LogP contribution in [-0.4, -0.2) is 10.1 Å². The fraction of sp³-hybridized carbons (Fsp3) is 0.0833. The standard InChI is InChI=1S/C12H8F3NO/c13-9-2-7(6-17)1-8(3-9)12-11(15)4-10(14)5-16-12/h1-5,17H,6H2. The second-order valence-electron chi connectivity index (χ2n) is 3.49. The summed E-state index contributed by atoms with van der Waals surface area (Å²) >= 11 is 0. The van der Waals surface area contributed by atoms with E-state index in [9.17, 15) is 13.2 Å². The summed E-state index contributed by atoms with van der Waals surface area (Å²) in [5.41, 5.74) is 0.303. The summed E-state index contributed by atoms with van der Waals surface area (Å²) in [6.07, 6.45) is 0.849. The molecule has 0 bridgehead atoms. The van der Waals surface area contributed by atoms with E-state index in [1.54, 1.807) is 0 Å². The Kier molecular flexibility index (Phi) is 3.10. The first-order valence-electron chi connectivity index (χ1n) is 4.82. The van der Waals surface area contributed by atoms with Crippen LogP contribution in [0.25, 0.3) is 11.3 Å². The minimum atomic E-state index is -0.875. The molecule has 17 heavy (non-hydrogen) atoms. The predicted octanol–water partition coefficient (Wildman–Crippen LogP) is 2.66. The van der Waals surface area contributed by atoms with Gasteiger partial charge in [-0.1, -0.05) is 0 Å². The molecule has 0 spiro atoms. The molecule has 2 nitrogen and oxygen atoms in total. The number of hydrogen-bond donors (Lipinski definition) is 1. The molecule has 2 rings (SSSR count). The Bertz CT molecular complexity index is 557. The molecule has 0 unspecified atom stereocenters. The second kappa shape index (κ2) is 4.55. The summed E-state index contributed by atoms with van der Waals surface area (Å²) in [5.74, 6) is -2.29. The highest BCUT2D eigenvalue weighted by Gasteiger charge is 2.10. The van der Waals surface area contributed by atoms with Crippen molar-refractivity contribution in [2.45, 2.75) is 6.61 Å². The van der Waals surface area contributed by atoms with Crippen molar-refractivity contribution in [3.8, 4) is 11.3 Å². The zero-order valence-electron chi connectivity index (χ0n) is 8.62. The van der Waals surface area contributed by atoms with Crippen molar-refractivity contribution < 1.29 is 18.3 Å². The molecule has 1 heterocycles. The van der Waals surface area contributed by atoms with Crippen LogP contribution in [0.2, 0.25) is 0 Å². The van der Waals surface area contributed by atoms with E-state index in [4.69, 9.17) is 5.11 Å². The van der Waals surface area contributed by atoms with Gasteiger partial charge in [-0.05, 0) is 23.8 Å². The lowest BCUT2D eigenvalue weighted by Crippen LogP contribution is -1.94. The van der Waals surface area contributed by atoms with Crippen LogP contribution in [0.3, 0.4) is 0 Å². The second-order valence-corrected chi connectivity index (χ2v) is 3.49. The molecule has 0 saturated heterocycles. The zero-order valence-corrected chi connectivity index (χ0v) is 8.62. The number of hydrogen-bond acceptors (Lipinski definition) is 2. The number of pyridine rings is 1. The van der Waals surface area contributed by atoms with Gasteiger partial charge in [-0.3, -0.25) is 4.98 Å². The van der Waals surface area contributed by atoms with E-state index < -0.39 is 17.5 Å². The number of aliphatic hydroxyl groups excluding tert-OH is 1. The fourth-order valence-electron chi connectivity index (χ4n) is 1.51. The van der Waals surface area contributed by atoms with Crippen LogP contribution >= 0.6 is 0 Å². The summed E-state index contributed by atoms with van der Waals surface area (Å²) < 4.78 is 39.3. The first-order chi connectivity index (χ1) is 8.10. The summed E-state index contributed by atoms with van der Waals surface area (Å²) in [7, 11) is 0. The Labute approximate surface area is 95.4 Å². The first-order valence-corrected chi connectivity index (χ1v) is 4.82. The molecule has 88 valence electrons. The fourth-order valence-corrected chi connectivity index (χ4v) is 1.51. The molecule has 0 saturated carbocycles. The van der Waals surface area contributed by atoms with E-state index in [2.05, 4.69) is 4.98 Å². The van der Waals surface area contributed by atoms with Gasteiger partial charge in [-0.2, -0.15) is 0 Å². The molecule has 1 aromatic heterocycles. The van der Waals surface area contributed by atoms with Gasteiger partial charge in [-0.15, -0.1) is 0 Å².